The summed E-state index contributed by atoms with van der Waals surface area (Å²) >= 11 is 4.34. The van der Waals surface area contributed by atoms with Gasteiger partial charge in [0.15, 0.2) is 0 Å². The van der Waals surface area contributed by atoms with Gasteiger partial charge < -0.3 is 4.74 Å². The van der Waals surface area contributed by atoms with E-state index in [2.05, 4.69) is 15.9 Å². The number of hydrogen-bond acceptors (Lipinski definition) is 4. The Bertz CT molecular complexity index is 833. The predicted octanol–water partition coefficient (Wildman–Crippen LogP) is 5.08. The lowest BCUT2D eigenvalue weighted by Gasteiger charge is -2.12. The first kappa shape index (κ1) is 17.8. The Labute approximate surface area is 159 Å². The summed E-state index contributed by atoms with van der Waals surface area (Å²) in [6.45, 7) is 2.77. The fraction of sp³-hybridized carbons (Fsp3) is 0.158. The largest absolute Gasteiger partial charge is 0.494 e. The number of halogens is 1. The van der Waals surface area contributed by atoms with Crippen molar-refractivity contribution in [1.29, 1.82) is 0 Å². The van der Waals surface area contributed by atoms with Crippen LogP contribution < -0.4 is 4.74 Å². The molecule has 1 aliphatic rings. The monoisotopic (exact) mass is 417 g/mol. The lowest BCUT2D eigenvalue weighted by atomic mass is 10.2. The van der Waals surface area contributed by atoms with Crippen LogP contribution in [0.25, 0.3) is 6.08 Å². The van der Waals surface area contributed by atoms with Crippen molar-refractivity contribution < 1.29 is 14.3 Å². The second kappa shape index (κ2) is 7.89. The summed E-state index contributed by atoms with van der Waals surface area (Å²) in [5, 5.41) is -0.250. The molecule has 0 saturated carbocycles. The van der Waals surface area contributed by atoms with Gasteiger partial charge in [0.1, 0.15) is 5.75 Å². The number of rotatable bonds is 5. The highest BCUT2D eigenvalue weighted by Crippen LogP contribution is 2.33. The van der Waals surface area contributed by atoms with Crippen LogP contribution in [0.3, 0.4) is 0 Å². The highest BCUT2D eigenvalue weighted by molar-refractivity contribution is 9.10. The van der Waals surface area contributed by atoms with Gasteiger partial charge in [0.2, 0.25) is 0 Å². The molecular weight excluding hydrogens is 402 g/mol. The number of carbonyl (C=O) groups excluding carboxylic acids is 2. The van der Waals surface area contributed by atoms with Crippen molar-refractivity contribution in [3.8, 4) is 5.75 Å². The van der Waals surface area contributed by atoms with Crippen molar-refractivity contribution in [2.75, 3.05) is 6.61 Å². The highest BCUT2D eigenvalue weighted by atomic mass is 79.9. The van der Waals surface area contributed by atoms with Crippen LogP contribution in [-0.4, -0.2) is 22.7 Å². The standard InChI is InChI=1S/C19H16BrNO3S/c1-2-24-16-5-3-4-14(10-16)11-17-18(22)21(19(23)25-17)12-13-6-8-15(20)9-7-13/h3-11H,2,12H2,1H3/b17-11-. The number of carbonyl (C=O) groups is 2. The average molecular weight is 418 g/mol. The molecule has 0 atom stereocenters. The number of imide groups is 1. The van der Waals surface area contributed by atoms with E-state index in [9.17, 15) is 9.59 Å². The quantitative estimate of drug-likeness (QED) is 0.635. The Hall–Kier alpha value is -2.05. The molecule has 1 aliphatic heterocycles. The first-order valence-corrected chi connectivity index (χ1v) is 9.40. The highest BCUT2D eigenvalue weighted by Gasteiger charge is 2.34. The maximum Gasteiger partial charge on any atom is 0.293 e. The molecule has 25 heavy (non-hydrogen) atoms. The third kappa shape index (κ3) is 4.32. The molecule has 2 aromatic rings. The first-order valence-electron chi connectivity index (χ1n) is 7.79. The molecule has 3 rings (SSSR count). The van der Waals surface area contributed by atoms with Crippen molar-refractivity contribution >= 4 is 44.9 Å². The molecule has 0 radical (unpaired) electrons. The summed E-state index contributed by atoms with van der Waals surface area (Å²) < 4.78 is 6.42. The van der Waals surface area contributed by atoms with Crippen LogP contribution in [-0.2, 0) is 11.3 Å². The normalized spacial score (nSPS) is 15.9. The van der Waals surface area contributed by atoms with Gasteiger partial charge in [-0.1, -0.05) is 40.2 Å². The van der Waals surface area contributed by atoms with Gasteiger partial charge in [0.05, 0.1) is 18.1 Å². The molecule has 0 bridgehead atoms. The summed E-state index contributed by atoms with van der Waals surface area (Å²) in [6, 6.07) is 15.0. The summed E-state index contributed by atoms with van der Waals surface area (Å²) in [6.07, 6.45) is 1.73. The van der Waals surface area contributed by atoms with E-state index >= 15 is 0 Å². The lowest BCUT2D eigenvalue weighted by Crippen LogP contribution is -2.27. The first-order chi connectivity index (χ1) is 12.1. The number of amides is 2. The minimum absolute atomic E-state index is 0.250. The Morgan fingerprint density at radius 1 is 1.16 bits per heavy atom. The lowest BCUT2D eigenvalue weighted by molar-refractivity contribution is -0.123. The van der Waals surface area contributed by atoms with Crippen LogP contribution in [0.4, 0.5) is 4.79 Å². The maximum absolute atomic E-state index is 12.6. The molecule has 0 spiro atoms. The number of ether oxygens (including phenoxy) is 1. The Morgan fingerprint density at radius 2 is 1.92 bits per heavy atom. The minimum atomic E-state index is -0.264. The van der Waals surface area contributed by atoms with Gasteiger partial charge in [-0.2, -0.15) is 0 Å². The van der Waals surface area contributed by atoms with Crippen molar-refractivity contribution in [3.63, 3.8) is 0 Å². The van der Waals surface area contributed by atoms with Crippen LogP contribution in [0.1, 0.15) is 18.1 Å². The number of hydrogen-bond donors (Lipinski definition) is 0. The number of nitrogens with zero attached hydrogens (tertiary/aromatic N) is 1. The second-order valence-electron chi connectivity index (χ2n) is 5.40. The third-order valence-electron chi connectivity index (χ3n) is 3.59. The second-order valence-corrected chi connectivity index (χ2v) is 7.31. The van der Waals surface area contributed by atoms with Gasteiger partial charge in [0.25, 0.3) is 11.1 Å². The summed E-state index contributed by atoms with van der Waals surface area (Å²) in [5.74, 6) is 0.477. The van der Waals surface area contributed by atoms with Crippen LogP contribution in [0.15, 0.2) is 57.9 Å². The molecule has 128 valence electrons. The van der Waals surface area contributed by atoms with E-state index in [-0.39, 0.29) is 17.7 Å². The molecule has 2 aromatic carbocycles. The molecule has 0 aromatic heterocycles. The van der Waals surface area contributed by atoms with E-state index in [0.717, 1.165) is 33.1 Å². The van der Waals surface area contributed by atoms with Gasteiger partial charge in [-0.25, -0.2) is 0 Å². The fourth-order valence-electron chi connectivity index (χ4n) is 2.42. The molecule has 1 saturated heterocycles. The van der Waals surface area contributed by atoms with Crippen molar-refractivity contribution in [3.05, 3.63) is 69.0 Å². The molecule has 0 unspecified atom stereocenters. The smallest absolute Gasteiger partial charge is 0.293 e. The molecule has 4 nitrogen and oxygen atoms in total. The summed E-state index contributed by atoms with van der Waals surface area (Å²) in [7, 11) is 0. The minimum Gasteiger partial charge on any atom is -0.494 e. The third-order valence-corrected chi connectivity index (χ3v) is 5.03. The fourth-order valence-corrected chi connectivity index (χ4v) is 3.52. The summed E-state index contributed by atoms with van der Waals surface area (Å²) in [5.41, 5.74) is 1.74. The van der Waals surface area contributed by atoms with Crippen molar-refractivity contribution in [2.24, 2.45) is 0 Å². The SMILES string of the molecule is CCOc1cccc(/C=C2\SC(=O)N(Cc3ccc(Br)cc3)C2=O)c1. The van der Waals surface area contributed by atoms with Gasteiger partial charge in [-0.15, -0.1) is 0 Å². The van der Waals surface area contributed by atoms with E-state index in [1.165, 1.54) is 4.90 Å². The summed E-state index contributed by atoms with van der Waals surface area (Å²) in [4.78, 5) is 26.5. The zero-order valence-electron chi connectivity index (χ0n) is 13.6. The zero-order valence-corrected chi connectivity index (χ0v) is 16.0. The number of thioether (sulfide) groups is 1. The van der Waals surface area contributed by atoms with Crippen molar-refractivity contribution in [2.45, 2.75) is 13.5 Å². The van der Waals surface area contributed by atoms with E-state index in [4.69, 9.17) is 4.74 Å². The predicted molar refractivity (Wildman–Crippen MR) is 103 cm³/mol. The van der Waals surface area contributed by atoms with E-state index in [1.807, 2.05) is 55.5 Å². The van der Waals surface area contributed by atoms with E-state index < -0.39 is 0 Å². The molecular formula is C19H16BrNO3S. The molecule has 1 fully saturated rings. The van der Waals surface area contributed by atoms with Crippen molar-refractivity contribution in [1.82, 2.24) is 4.90 Å². The molecule has 1 heterocycles. The van der Waals surface area contributed by atoms with E-state index in [0.29, 0.717) is 11.5 Å². The van der Waals surface area contributed by atoms with Gasteiger partial charge in [-0.3, -0.25) is 14.5 Å². The molecule has 0 aliphatic carbocycles. The molecule has 2 amide bonds. The Balaban J connectivity index is 1.78. The molecule has 6 heteroatoms. The van der Waals surface area contributed by atoms with Crippen LogP contribution >= 0.6 is 27.7 Å². The Kier molecular flexibility index (Phi) is 5.60. The number of benzene rings is 2. The average Bonchev–Trinajstić information content (AvgIpc) is 2.85. The zero-order chi connectivity index (χ0) is 17.8. The van der Waals surface area contributed by atoms with Gasteiger partial charge in [0, 0.05) is 4.47 Å². The topological polar surface area (TPSA) is 46.6 Å². The van der Waals surface area contributed by atoms with Crippen LogP contribution in [0.2, 0.25) is 0 Å². The van der Waals surface area contributed by atoms with Crippen LogP contribution in [0, 0.1) is 0 Å². The van der Waals surface area contributed by atoms with E-state index in [1.54, 1.807) is 6.08 Å². The Morgan fingerprint density at radius 3 is 2.64 bits per heavy atom. The maximum atomic E-state index is 12.6. The van der Waals surface area contributed by atoms with Gasteiger partial charge in [-0.05, 0) is 60.2 Å². The van der Waals surface area contributed by atoms with Gasteiger partial charge >= 0.3 is 0 Å². The molecule has 0 N–H and O–H groups in total. The van der Waals surface area contributed by atoms with Crippen LogP contribution in [0.5, 0.6) is 5.75 Å².